The fourth-order valence-corrected chi connectivity index (χ4v) is 4.26. The number of hydrogen-bond donors (Lipinski definition) is 1. The van der Waals surface area contributed by atoms with Gasteiger partial charge in [0, 0.05) is 31.7 Å². The Hall–Kier alpha value is -0.120. The number of nitrogens with zero attached hydrogens (tertiary/aromatic N) is 2. The third-order valence-corrected chi connectivity index (χ3v) is 5.69. The highest BCUT2D eigenvalue weighted by molar-refractivity contribution is 4.91. The van der Waals surface area contributed by atoms with E-state index in [4.69, 9.17) is 5.73 Å². The van der Waals surface area contributed by atoms with Crippen LogP contribution in [0.1, 0.15) is 86.0 Å². The van der Waals surface area contributed by atoms with Gasteiger partial charge in [0.05, 0.1) is 6.67 Å². The van der Waals surface area contributed by atoms with E-state index in [1.807, 2.05) is 0 Å². The molecule has 0 aromatic carbocycles. The van der Waals surface area contributed by atoms with Gasteiger partial charge in [-0.25, -0.2) is 0 Å². The summed E-state index contributed by atoms with van der Waals surface area (Å²) in [5, 5.41) is 0. The van der Waals surface area contributed by atoms with Crippen molar-refractivity contribution in [2.24, 2.45) is 17.6 Å². The summed E-state index contributed by atoms with van der Waals surface area (Å²) in [6, 6.07) is 0. The van der Waals surface area contributed by atoms with Crippen LogP contribution in [-0.4, -0.2) is 48.2 Å². The smallest absolute Gasteiger partial charge is 0.0507 e. The van der Waals surface area contributed by atoms with Crippen LogP contribution in [0.25, 0.3) is 0 Å². The minimum Gasteiger partial charge on any atom is -0.323 e. The Morgan fingerprint density at radius 3 is 1.58 bits per heavy atom. The molecule has 2 N–H and O–H groups in total. The van der Waals surface area contributed by atoms with Crippen LogP contribution >= 0.6 is 0 Å². The van der Waals surface area contributed by atoms with Crippen molar-refractivity contribution in [2.45, 2.75) is 91.5 Å². The Morgan fingerprint density at radius 1 is 0.833 bits per heavy atom. The molecule has 1 aliphatic heterocycles. The highest BCUT2D eigenvalue weighted by Crippen LogP contribution is 2.22. The van der Waals surface area contributed by atoms with Gasteiger partial charge in [-0.05, 0) is 31.6 Å². The van der Waals surface area contributed by atoms with Crippen molar-refractivity contribution in [3.8, 4) is 0 Å². The maximum atomic E-state index is 6.61. The Balaban J connectivity index is 2.58. The SMILES string of the molecule is CCCC[C@@H](CC)CN1CN(C[C@@H](CC)CCCC)CC(C)(N)C1. The zero-order valence-corrected chi connectivity index (χ0v) is 17.3. The van der Waals surface area contributed by atoms with E-state index < -0.39 is 0 Å². The van der Waals surface area contributed by atoms with E-state index >= 15 is 0 Å². The van der Waals surface area contributed by atoms with Crippen LogP contribution in [0.5, 0.6) is 0 Å². The van der Waals surface area contributed by atoms with Crippen LogP contribution in [0.15, 0.2) is 0 Å². The quantitative estimate of drug-likeness (QED) is 0.559. The van der Waals surface area contributed by atoms with Gasteiger partial charge in [0.2, 0.25) is 0 Å². The largest absolute Gasteiger partial charge is 0.323 e. The molecule has 0 radical (unpaired) electrons. The molecule has 0 spiro atoms. The second-order valence-electron chi connectivity index (χ2n) is 8.65. The minimum absolute atomic E-state index is 0.0651. The molecular formula is C21H45N3. The zero-order valence-electron chi connectivity index (χ0n) is 17.3. The van der Waals surface area contributed by atoms with Crippen LogP contribution in [-0.2, 0) is 0 Å². The van der Waals surface area contributed by atoms with Crippen molar-refractivity contribution < 1.29 is 0 Å². The number of unbranched alkanes of at least 4 members (excludes halogenated alkanes) is 2. The first-order chi connectivity index (χ1) is 11.4. The Labute approximate surface area is 152 Å². The molecule has 0 aromatic rings. The highest BCUT2D eigenvalue weighted by atomic mass is 15.4. The number of nitrogens with two attached hydrogens (primary N) is 1. The van der Waals surface area contributed by atoms with Crippen molar-refractivity contribution in [3.63, 3.8) is 0 Å². The van der Waals surface area contributed by atoms with Crippen LogP contribution in [0.3, 0.4) is 0 Å². The van der Waals surface area contributed by atoms with E-state index in [1.54, 1.807) is 0 Å². The summed E-state index contributed by atoms with van der Waals surface area (Å²) in [6.45, 7) is 17.2. The maximum Gasteiger partial charge on any atom is 0.0507 e. The lowest BCUT2D eigenvalue weighted by Gasteiger charge is -2.46. The fourth-order valence-electron chi connectivity index (χ4n) is 4.26. The van der Waals surface area contributed by atoms with Gasteiger partial charge in [-0.2, -0.15) is 0 Å². The van der Waals surface area contributed by atoms with Crippen molar-refractivity contribution in [3.05, 3.63) is 0 Å². The first-order valence-corrected chi connectivity index (χ1v) is 10.7. The average Bonchev–Trinajstić information content (AvgIpc) is 2.53. The molecule has 24 heavy (non-hydrogen) atoms. The van der Waals surface area contributed by atoms with Gasteiger partial charge in [0.25, 0.3) is 0 Å². The van der Waals surface area contributed by atoms with E-state index in [1.165, 1.54) is 64.5 Å². The van der Waals surface area contributed by atoms with Crippen molar-refractivity contribution in [2.75, 3.05) is 32.8 Å². The molecule has 144 valence electrons. The highest BCUT2D eigenvalue weighted by Gasteiger charge is 2.33. The molecule has 0 saturated carbocycles. The Morgan fingerprint density at radius 2 is 1.25 bits per heavy atom. The number of hydrogen-bond acceptors (Lipinski definition) is 3. The normalized spacial score (nSPS) is 25.8. The van der Waals surface area contributed by atoms with Crippen LogP contribution in [0, 0.1) is 11.8 Å². The molecule has 3 heteroatoms. The van der Waals surface area contributed by atoms with E-state index in [2.05, 4.69) is 44.4 Å². The molecule has 3 atom stereocenters. The summed E-state index contributed by atoms with van der Waals surface area (Å²) in [4.78, 5) is 5.28. The summed E-state index contributed by atoms with van der Waals surface area (Å²) in [5.41, 5.74) is 6.54. The monoisotopic (exact) mass is 339 g/mol. The standard InChI is InChI=1S/C21H45N3/c1-6-10-12-19(8-3)14-23-16-21(5,22)17-24(18-23)15-20(9-4)13-11-7-2/h19-20H,6-18,22H2,1-5H3/t19-,20+,21?. The molecule has 1 aliphatic rings. The zero-order chi connectivity index (χ0) is 18.0. The van der Waals surface area contributed by atoms with Gasteiger partial charge in [-0.15, -0.1) is 0 Å². The molecule has 0 aromatic heterocycles. The summed E-state index contributed by atoms with van der Waals surface area (Å²) < 4.78 is 0. The van der Waals surface area contributed by atoms with E-state index in [0.29, 0.717) is 0 Å². The maximum absolute atomic E-state index is 6.61. The average molecular weight is 340 g/mol. The van der Waals surface area contributed by atoms with Gasteiger partial charge >= 0.3 is 0 Å². The molecule has 1 saturated heterocycles. The predicted molar refractivity (Wildman–Crippen MR) is 107 cm³/mol. The summed E-state index contributed by atoms with van der Waals surface area (Å²) >= 11 is 0. The van der Waals surface area contributed by atoms with E-state index in [9.17, 15) is 0 Å². The Kier molecular flexibility index (Phi) is 10.5. The molecule has 1 unspecified atom stereocenters. The third kappa shape index (κ3) is 8.31. The van der Waals surface area contributed by atoms with Crippen molar-refractivity contribution in [1.29, 1.82) is 0 Å². The minimum atomic E-state index is -0.0651. The first-order valence-electron chi connectivity index (χ1n) is 10.7. The molecule has 0 bridgehead atoms. The molecule has 0 amide bonds. The second-order valence-corrected chi connectivity index (χ2v) is 8.65. The molecular weight excluding hydrogens is 294 g/mol. The van der Waals surface area contributed by atoms with Gasteiger partial charge < -0.3 is 5.73 Å². The van der Waals surface area contributed by atoms with Crippen LogP contribution in [0.2, 0.25) is 0 Å². The van der Waals surface area contributed by atoms with Crippen LogP contribution in [0.4, 0.5) is 0 Å². The van der Waals surface area contributed by atoms with Crippen molar-refractivity contribution in [1.82, 2.24) is 9.80 Å². The summed E-state index contributed by atoms with van der Waals surface area (Å²) in [6.07, 6.45) is 10.7. The van der Waals surface area contributed by atoms with Crippen molar-refractivity contribution >= 4 is 0 Å². The lowest BCUT2D eigenvalue weighted by molar-refractivity contribution is 0.0182. The molecule has 1 heterocycles. The molecule has 1 fully saturated rings. The predicted octanol–water partition coefficient (Wildman–Crippen LogP) is 4.71. The lowest BCUT2D eigenvalue weighted by Crippen LogP contribution is -2.63. The van der Waals surface area contributed by atoms with Gasteiger partial charge in [0.15, 0.2) is 0 Å². The summed E-state index contributed by atoms with van der Waals surface area (Å²) in [5.74, 6) is 1.67. The van der Waals surface area contributed by atoms with Gasteiger partial charge in [-0.1, -0.05) is 66.2 Å². The van der Waals surface area contributed by atoms with Gasteiger partial charge in [-0.3, -0.25) is 9.80 Å². The Bertz CT molecular complexity index is 288. The molecule has 0 aliphatic carbocycles. The molecule has 3 nitrogen and oxygen atoms in total. The molecule has 1 rings (SSSR count). The van der Waals surface area contributed by atoms with Crippen LogP contribution < -0.4 is 5.73 Å². The second kappa shape index (κ2) is 11.5. The van der Waals surface area contributed by atoms with E-state index in [0.717, 1.165) is 31.6 Å². The third-order valence-electron chi connectivity index (χ3n) is 5.69. The van der Waals surface area contributed by atoms with Gasteiger partial charge in [0.1, 0.15) is 0 Å². The van der Waals surface area contributed by atoms with E-state index in [-0.39, 0.29) is 5.54 Å². The fraction of sp³-hybridized carbons (Fsp3) is 1.00. The lowest BCUT2D eigenvalue weighted by atomic mass is 9.94. The number of rotatable bonds is 12. The summed E-state index contributed by atoms with van der Waals surface area (Å²) in [7, 11) is 0. The topological polar surface area (TPSA) is 32.5 Å². The first kappa shape index (κ1) is 21.9.